The molecular formula is C5H9ClN2O2S. The van der Waals surface area contributed by atoms with E-state index in [4.69, 9.17) is 10.3 Å². The van der Waals surface area contributed by atoms with Gasteiger partial charge in [0.05, 0.1) is 11.9 Å². The number of oxazole rings is 1. The van der Waals surface area contributed by atoms with Crippen LogP contribution in [0.15, 0.2) is 15.4 Å². The van der Waals surface area contributed by atoms with Crippen molar-refractivity contribution in [1.29, 1.82) is 0 Å². The molecule has 0 spiro atoms. The smallest absolute Gasteiger partial charge is 0.411 e. The number of nitrogens with two attached hydrogens (primary N) is 1. The largest absolute Gasteiger partial charge is 0.437 e. The maximum absolute atomic E-state index is 10.6. The topological polar surface area (TPSA) is 61.2 Å². The van der Waals surface area contributed by atoms with Gasteiger partial charge in [-0.1, -0.05) is 0 Å². The van der Waals surface area contributed by atoms with E-state index in [1.807, 2.05) is 6.26 Å². The summed E-state index contributed by atoms with van der Waals surface area (Å²) >= 11 is 1.58. The highest BCUT2D eigenvalue weighted by molar-refractivity contribution is 7.97. The van der Waals surface area contributed by atoms with Gasteiger partial charge in [0.2, 0.25) is 0 Å². The molecule has 0 unspecified atom stereocenters. The second-order valence-electron chi connectivity index (χ2n) is 1.80. The fourth-order valence-electron chi connectivity index (χ4n) is 0.608. The lowest BCUT2D eigenvalue weighted by Crippen LogP contribution is -2.20. The molecule has 1 heterocycles. The van der Waals surface area contributed by atoms with Gasteiger partial charge in [-0.05, 0) is 6.26 Å². The normalized spacial score (nSPS) is 9.18. The van der Waals surface area contributed by atoms with Crippen LogP contribution in [0, 0.1) is 0 Å². The van der Waals surface area contributed by atoms with Gasteiger partial charge in [0.25, 0.3) is 0 Å². The van der Waals surface area contributed by atoms with Crippen molar-refractivity contribution in [2.45, 2.75) is 5.75 Å². The highest BCUT2D eigenvalue weighted by atomic mass is 35.5. The maximum atomic E-state index is 10.6. The lowest BCUT2D eigenvalue weighted by Gasteiger charge is -1.84. The van der Waals surface area contributed by atoms with Crippen molar-refractivity contribution in [2.75, 3.05) is 12.1 Å². The standard InChI is InChI=1S/C5H8N2O2S.ClH/c1-10-3-4-2-7(6)5(8)9-4;/h2H,3,6H2,1H3;1H. The summed E-state index contributed by atoms with van der Waals surface area (Å²) in [6, 6.07) is 0. The molecule has 0 aliphatic rings. The van der Waals surface area contributed by atoms with Crippen LogP contribution in [0.2, 0.25) is 0 Å². The molecule has 64 valence electrons. The van der Waals surface area contributed by atoms with Crippen molar-refractivity contribution >= 4 is 24.2 Å². The molecule has 0 radical (unpaired) electrons. The molecule has 4 nitrogen and oxygen atoms in total. The summed E-state index contributed by atoms with van der Waals surface area (Å²) in [6.07, 6.45) is 3.41. The highest BCUT2D eigenvalue weighted by Crippen LogP contribution is 2.04. The van der Waals surface area contributed by atoms with Gasteiger partial charge in [-0.25, -0.2) is 4.79 Å². The molecule has 0 amide bonds. The third-order valence-corrected chi connectivity index (χ3v) is 1.57. The molecule has 0 saturated heterocycles. The van der Waals surface area contributed by atoms with Gasteiger partial charge in [0.15, 0.2) is 0 Å². The van der Waals surface area contributed by atoms with Gasteiger partial charge in [0.1, 0.15) is 5.76 Å². The van der Waals surface area contributed by atoms with Crippen LogP contribution >= 0.6 is 24.2 Å². The van der Waals surface area contributed by atoms with Crippen LogP contribution in [-0.2, 0) is 5.75 Å². The SMILES string of the molecule is CSCc1cn(N)c(=O)o1.Cl. The molecular weight excluding hydrogens is 188 g/mol. The van der Waals surface area contributed by atoms with Gasteiger partial charge in [-0.15, -0.1) is 12.4 Å². The molecule has 0 atom stereocenters. The predicted molar refractivity (Wildman–Crippen MR) is 47.6 cm³/mol. The third kappa shape index (κ3) is 2.51. The zero-order valence-corrected chi connectivity index (χ0v) is 7.58. The second-order valence-corrected chi connectivity index (χ2v) is 2.67. The van der Waals surface area contributed by atoms with E-state index in [9.17, 15) is 4.79 Å². The van der Waals surface area contributed by atoms with Gasteiger partial charge < -0.3 is 10.3 Å². The van der Waals surface area contributed by atoms with E-state index in [1.54, 1.807) is 11.8 Å². The summed E-state index contributed by atoms with van der Waals surface area (Å²) in [7, 11) is 0. The molecule has 6 heteroatoms. The number of hydrogen-bond donors (Lipinski definition) is 1. The first-order valence-electron chi connectivity index (χ1n) is 2.69. The first-order chi connectivity index (χ1) is 4.74. The number of aromatic nitrogens is 1. The Hall–Kier alpha value is -0.550. The molecule has 1 rings (SSSR count). The van der Waals surface area contributed by atoms with E-state index in [-0.39, 0.29) is 12.4 Å². The van der Waals surface area contributed by atoms with E-state index in [0.717, 1.165) is 4.68 Å². The highest BCUT2D eigenvalue weighted by Gasteiger charge is 2.00. The summed E-state index contributed by atoms with van der Waals surface area (Å²) in [5.41, 5.74) is 0. The molecule has 11 heavy (non-hydrogen) atoms. The van der Waals surface area contributed by atoms with Gasteiger partial charge in [0, 0.05) is 0 Å². The molecule has 2 N–H and O–H groups in total. The van der Waals surface area contributed by atoms with Crippen LogP contribution in [-0.4, -0.2) is 10.9 Å². The van der Waals surface area contributed by atoms with Gasteiger partial charge >= 0.3 is 5.76 Å². The minimum absolute atomic E-state index is 0. The van der Waals surface area contributed by atoms with Crippen molar-refractivity contribution in [2.24, 2.45) is 0 Å². The van der Waals surface area contributed by atoms with E-state index >= 15 is 0 Å². The molecule has 0 aromatic carbocycles. The fourth-order valence-corrected chi connectivity index (χ4v) is 1.03. The van der Waals surface area contributed by atoms with E-state index < -0.39 is 5.76 Å². The predicted octanol–water partition coefficient (Wildman–Crippen LogP) is 0.440. The Morgan fingerprint density at radius 3 is 2.82 bits per heavy atom. The zero-order valence-electron chi connectivity index (χ0n) is 5.94. The number of thioether (sulfide) groups is 1. The molecule has 0 saturated carbocycles. The van der Waals surface area contributed by atoms with Crippen molar-refractivity contribution in [1.82, 2.24) is 4.68 Å². The number of halogens is 1. The zero-order chi connectivity index (χ0) is 7.56. The number of rotatable bonds is 2. The van der Waals surface area contributed by atoms with Crippen LogP contribution in [0.5, 0.6) is 0 Å². The summed E-state index contributed by atoms with van der Waals surface area (Å²) < 4.78 is 5.65. The summed E-state index contributed by atoms with van der Waals surface area (Å²) in [5, 5.41) is 0. The maximum Gasteiger partial charge on any atom is 0.437 e. The summed E-state index contributed by atoms with van der Waals surface area (Å²) in [6.45, 7) is 0. The van der Waals surface area contributed by atoms with Crippen molar-refractivity contribution in [3.05, 3.63) is 22.5 Å². The number of nitrogen functional groups attached to an aromatic ring is 1. The molecule has 0 aliphatic heterocycles. The van der Waals surface area contributed by atoms with Crippen LogP contribution < -0.4 is 11.6 Å². The van der Waals surface area contributed by atoms with E-state index in [0.29, 0.717) is 11.5 Å². The molecule has 0 fully saturated rings. The molecule has 1 aromatic rings. The van der Waals surface area contributed by atoms with Crippen molar-refractivity contribution in [3.8, 4) is 0 Å². The van der Waals surface area contributed by atoms with Crippen LogP contribution in [0.1, 0.15) is 5.76 Å². The lowest BCUT2D eigenvalue weighted by molar-refractivity contribution is 0.473. The fraction of sp³-hybridized carbons (Fsp3) is 0.400. The van der Waals surface area contributed by atoms with Crippen LogP contribution in [0.3, 0.4) is 0 Å². The molecule has 0 aliphatic carbocycles. The van der Waals surface area contributed by atoms with Gasteiger partial charge in [-0.2, -0.15) is 16.4 Å². The Bertz CT molecular complexity index is 270. The molecule has 1 aromatic heterocycles. The third-order valence-electron chi connectivity index (χ3n) is 0.999. The number of nitrogens with zero attached hydrogens (tertiary/aromatic N) is 1. The summed E-state index contributed by atoms with van der Waals surface area (Å²) in [5.74, 6) is 5.95. The average Bonchev–Trinajstić information content (AvgIpc) is 2.14. The first-order valence-corrected chi connectivity index (χ1v) is 4.09. The quantitative estimate of drug-likeness (QED) is 0.698. The van der Waals surface area contributed by atoms with E-state index in [2.05, 4.69) is 0 Å². The Kier molecular flexibility index (Phi) is 4.14. The van der Waals surface area contributed by atoms with Crippen LogP contribution in [0.25, 0.3) is 0 Å². The van der Waals surface area contributed by atoms with Gasteiger partial charge in [-0.3, -0.25) is 0 Å². The Morgan fingerprint density at radius 1 is 1.82 bits per heavy atom. The Morgan fingerprint density at radius 2 is 2.45 bits per heavy atom. The summed E-state index contributed by atoms with van der Waals surface area (Å²) in [4.78, 5) is 10.6. The Balaban J connectivity index is 0.000001000. The second kappa shape index (κ2) is 4.35. The average molecular weight is 197 g/mol. The number of hydrogen-bond acceptors (Lipinski definition) is 4. The Labute approximate surface area is 74.1 Å². The molecule has 0 bridgehead atoms. The van der Waals surface area contributed by atoms with Crippen LogP contribution in [0.4, 0.5) is 0 Å². The van der Waals surface area contributed by atoms with Crippen molar-refractivity contribution < 1.29 is 4.42 Å². The minimum Gasteiger partial charge on any atom is -0.411 e. The van der Waals surface area contributed by atoms with E-state index in [1.165, 1.54) is 6.20 Å². The first kappa shape index (κ1) is 10.4. The van der Waals surface area contributed by atoms with Crippen molar-refractivity contribution in [3.63, 3.8) is 0 Å². The monoisotopic (exact) mass is 196 g/mol. The minimum atomic E-state index is -0.510. The lowest BCUT2D eigenvalue weighted by atomic mass is 10.6.